The molecule has 2 aromatic heterocycles. The van der Waals surface area contributed by atoms with Crippen molar-refractivity contribution in [3.05, 3.63) is 59.8 Å². The van der Waals surface area contributed by atoms with E-state index < -0.39 is 0 Å². The summed E-state index contributed by atoms with van der Waals surface area (Å²) < 4.78 is 15.7. The van der Waals surface area contributed by atoms with Gasteiger partial charge >= 0.3 is 0 Å². The number of anilines is 1. The Bertz CT molecular complexity index is 1060. The Morgan fingerprint density at radius 3 is 2.78 bits per heavy atom. The molecule has 4 heterocycles. The molecule has 8 heteroatoms. The highest BCUT2D eigenvalue weighted by atomic mass is 19.1. The van der Waals surface area contributed by atoms with E-state index in [-0.39, 0.29) is 18.5 Å². The van der Waals surface area contributed by atoms with Crippen LogP contribution in [0.3, 0.4) is 0 Å². The van der Waals surface area contributed by atoms with E-state index in [1.165, 1.54) is 18.9 Å². The number of benzene rings is 1. The van der Waals surface area contributed by atoms with Gasteiger partial charge in [-0.1, -0.05) is 12.1 Å². The lowest BCUT2D eigenvalue weighted by Crippen LogP contribution is -2.26. The maximum Gasteiger partial charge on any atom is 0.225 e. The smallest absolute Gasteiger partial charge is 0.225 e. The fraction of sp³-hybridized carbons (Fsp3) is 0.458. The highest BCUT2D eigenvalue weighted by Gasteiger charge is 2.32. The number of aliphatic hydroxyl groups is 1. The van der Waals surface area contributed by atoms with Gasteiger partial charge in [-0.25, -0.2) is 14.4 Å². The van der Waals surface area contributed by atoms with Crippen molar-refractivity contribution in [2.24, 2.45) is 0 Å². The van der Waals surface area contributed by atoms with Crippen molar-refractivity contribution in [3.8, 4) is 11.3 Å². The van der Waals surface area contributed by atoms with Gasteiger partial charge in [0.1, 0.15) is 5.82 Å². The Balaban J connectivity index is 1.49. The number of rotatable bonds is 7. The highest BCUT2D eigenvalue weighted by molar-refractivity contribution is 5.63. The molecule has 3 aromatic rings. The highest BCUT2D eigenvalue weighted by Crippen LogP contribution is 2.38. The molecule has 0 aliphatic carbocycles. The molecule has 0 spiro atoms. The van der Waals surface area contributed by atoms with E-state index in [0.29, 0.717) is 13.1 Å². The van der Waals surface area contributed by atoms with Crippen LogP contribution in [-0.2, 0) is 13.1 Å². The maximum atomic E-state index is 13.7. The van der Waals surface area contributed by atoms with Crippen molar-refractivity contribution >= 4 is 5.95 Å². The van der Waals surface area contributed by atoms with E-state index >= 15 is 0 Å². The molecule has 1 N–H and O–H groups in total. The third-order valence-electron chi connectivity index (χ3n) is 6.45. The molecule has 1 aromatic carbocycles. The summed E-state index contributed by atoms with van der Waals surface area (Å²) in [6, 6.07) is 8.89. The molecular formula is C24H29FN6O. The van der Waals surface area contributed by atoms with Gasteiger partial charge in [0.15, 0.2) is 0 Å². The standard InChI is InChI=1S/C24H29FN6O/c25-19-6-3-5-18(15-19)17-30-12-4-7-22(30)23-20(16-27-31(23)13-14-32)21-8-9-26-24(28-21)29-10-1-2-11-29/h3,5-6,8-9,15-16,22,32H,1-2,4,7,10-14,17H2. The molecule has 1 atom stereocenters. The first-order valence-electron chi connectivity index (χ1n) is 11.5. The van der Waals surface area contributed by atoms with Crippen LogP contribution in [0.1, 0.15) is 43.0 Å². The van der Waals surface area contributed by atoms with Crippen molar-refractivity contribution in [2.75, 3.05) is 31.1 Å². The van der Waals surface area contributed by atoms with Gasteiger partial charge in [0.05, 0.1) is 36.8 Å². The van der Waals surface area contributed by atoms with Gasteiger partial charge < -0.3 is 10.0 Å². The average molecular weight is 437 g/mol. The number of aromatic nitrogens is 4. The van der Waals surface area contributed by atoms with Crippen LogP contribution in [0.15, 0.2) is 42.7 Å². The quantitative estimate of drug-likeness (QED) is 0.612. The van der Waals surface area contributed by atoms with Gasteiger partial charge in [-0.2, -0.15) is 5.10 Å². The minimum absolute atomic E-state index is 0.0214. The molecule has 2 fully saturated rings. The third kappa shape index (κ3) is 4.25. The molecule has 7 nitrogen and oxygen atoms in total. The summed E-state index contributed by atoms with van der Waals surface area (Å²) in [4.78, 5) is 14.0. The fourth-order valence-electron chi connectivity index (χ4n) is 4.98. The second-order valence-electron chi connectivity index (χ2n) is 8.58. The largest absolute Gasteiger partial charge is 0.394 e. The monoisotopic (exact) mass is 436 g/mol. The van der Waals surface area contributed by atoms with Crippen molar-refractivity contribution in [1.82, 2.24) is 24.6 Å². The predicted octanol–water partition coefficient (Wildman–Crippen LogP) is 3.41. The van der Waals surface area contributed by atoms with Crippen LogP contribution in [0, 0.1) is 5.82 Å². The number of aliphatic hydroxyl groups excluding tert-OH is 1. The molecule has 0 bridgehead atoms. The first-order chi connectivity index (χ1) is 15.7. The minimum Gasteiger partial charge on any atom is -0.394 e. The first kappa shape index (κ1) is 21.0. The molecule has 2 aliphatic rings. The zero-order valence-corrected chi connectivity index (χ0v) is 18.2. The van der Waals surface area contributed by atoms with Crippen LogP contribution >= 0.6 is 0 Å². The summed E-state index contributed by atoms with van der Waals surface area (Å²) in [6.07, 6.45) is 8.08. The summed E-state index contributed by atoms with van der Waals surface area (Å²) in [5, 5.41) is 14.2. The Hall–Kier alpha value is -2.84. The Morgan fingerprint density at radius 2 is 1.97 bits per heavy atom. The van der Waals surface area contributed by atoms with E-state index in [9.17, 15) is 9.50 Å². The van der Waals surface area contributed by atoms with Crippen LogP contribution in [-0.4, -0.2) is 56.0 Å². The predicted molar refractivity (Wildman–Crippen MR) is 121 cm³/mol. The third-order valence-corrected chi connectivity index (χ3v) is 6.45. The van der Waals surface area contributed by atoms with Gasteiger partial charge in [-0.05, 0) is 56.0 Å². The number of nitrogens with zero attached hydrogens (tertiary/aromatic N) is 6. The SMILES string of the molecule is OCCn1ncc(-c2ccnc(N3CCCC3)n2)c1C1CCCN1Cc1cccc(F)c1. The second kappa shape index (κ2) is 9.34. The van der Waals surface area contributed by atoms with Crippen LogP contribution < -0.4 is 4.90 Å². The summed E-state index contributed by atoms with van der Waals surface area (Å²) in [6.45, 7) is 4.05. The molecule has 0 saturated carbocycles. The van der Waals surface area contributed by atoms with E-state index in [0.717, 1.165) is 60.9 Å². The molecule has 168 valence electrons. The number of likely N-dealkylation sites (tertiary alicyclic amines) is 1. The lowest BCUT2D eigenvalue weighted by Gasteiger charge is -2.26. The van der Waals surface area contributed by atoms with Crippen LogP contribution in [0.5, 0.6) is 0 Å². The molecular weight excluding hydrogens is 407 g/mol. The zero-order valence-electron chi connectivity index (χ0n) is 18.2. The fourth-order valence-corrected chi connectivity index (χ4v) is 4.98. The first-order valence-corrected chi connectivity index (χ1v) is 11.5. The average Bonchev–Trinajstić information content (AvgIpc) is 3.55. The Kier molecular flexibility index (Phi) is 6.14. The number of hydrogen-bond acceptors (Lipinski definition) is 6. The van der Waals surface area contributed by atoms with Crippen molar-refractivity contribution in [2.45, 2.75) is 44.8 Å². The van der Waals surface area contributed by atoms with Crippen molar-refractivity contribution < 1.29 is 9.50 Å². The number of halogens is 1. The van der Waals surface area contributed by atoms with Gasteiger partial charge in [-0.15, -0.1) is 0 Å². The van der Waals surface area contributed by atoms with E-state index in [1.54, 1.807) is 12.1 Å². The normalized spacial score (nSPS) is 19.2. The van der Waals surface area contributed by atoms with Gasteiger partial charge in [0.2, 0.25) is 5.95 Å². The number of hydrogen-bond donors (Lipinski definition) is 1. The van der Waals surface area contributed by atoms with Crippen molar-refractivity contribution in [1.29, 1.82) is 0 Å². The molecule has 2 saturated heterocycles. The second-order valence-corrected chi connectivity index (χ2v) is 8.58. The lowest BCUT2D eigenvalue weighted by molar-refractivity contribution is 0.226. The van der Waals surface area contributed by atoms with Gasteiger partial charge in [0, 0.05) is 31.4 Å². The van der Waals surface area contributed by atoms with Gasteiger partial charge in [-0.3, -0.25) is 9.58 Å². The summed E-state index contributed by atoms with van der Waals surface area (Å²) in [5.74, 6) is 0.559. The molecule has 1 unspecified atom stereocenters. The van der Waals surface area contributed by atoms with E-state index in [2.05, 4.69) is 19.9 Å². The summed E-state index contributed by atoms with van der Waals surface area (Å²) in [7, 11) is 0. The molecule has 2 aliphatic heterocycles. The van der Waals surface area contributed by atoms with Crippen LogP contribution in [0.2, 0.25) is 0 Å². The van der Waals surface area contributed by atoms with E-state index in [1.807, 2.05) is 29.2 Å². The molecule has 32 heavy (non-hydrogen) atoms. The molecule has 0 radical (unpaired) electrons. The molecule has 0 amide bonds. The lowest BCUT2D eigenvalue weighted by atomic mass is 10.0. The van der Waals surface area contributed by atoms with Gasteiger partial charge in [0.25, 0.3) is 0 Å². The zero-order chi connectivity index (χ0) is 21.9. The minimum atomic E-state index is -0.209. The Morgan fingerprint density at radius 1 is 1.09 bits per heavy atom. The Labute approximate surface area is 187 Å². The maximum absolute atomic E-state index is 13.7. The van der Waals surface area contributed by atoms with E-state index in [4.69, 9.17) is 4.98 Å². The van der Waals surface area contributed by atoms with Crippen LogP contribution in [0.4, 0.5) is 10.3 Å². The summed E-state index contributed by atoms with van der Waals surface area (Å²) >= 11 is 0. The topological polar surface area (TPSA) is 70.3 Å². The summed E-state index contributed by atoms with van der Waals surface area (Å²) in [5.41, 5.74) is 3.88. The molecule has 5 rings (SSSR count). The van der Waals surface area contributed by atoms with Crippen LogP contribution in [0.25, 0.3) is 11.3 Å². The van der Waals surface area contributed by atoms with Crippen molar-refractivity contribution in [3.63, 3.8) is 0 Å².